The summed E-state index contributed by atoms with van der Waals surface area (Å²) in [5.41, 5.74) is 2.27. The fraction of sp³-hybridized carbons (Fsp3) is 0. The molecule has 0 aliphatic carbocycles. The Morgan fingerprint density at radius 1 is 0.824 bits per heavy atom. The smallest absolute Gasteiger partial charge is 0.117 e. The minimum Gasteiger partial charge on any atom is -0.237 e. The lowest BCUT2D eigenvalue weighted by molar-refractivity contribution is 1.46. The van der Waals surface area contributed by atoms with Gasteiger partial charge >= 0.3 is 0 Å². The van der Waals surface area contributed by atoms with Gasteiger partial charge in [0.05, 0.1) is 10.2 Å². The number of nitrogens with zero attached hydrogens (tertiary/aromatic N) is 1. The van der Waals surface area contributed by atoms with E-state index < -0.39 is 0 Å². The molecule has 82 valence electrons. The van der Waals surface area contributed by atoms with E-state index in [1.165, 1.54) is 10.3 Å². The minimum absolute atomic E-state index is 1.05. The SMILES string of the molecule is C(=Cc1nc2ccccc2s1)c1ccccc1. The van der Waals surface area contributed by atoms with Crippen molar-refractivity contribution in [2.24, 2.45) is 0 Å². The Morgan fingerprint density at radius 2 is 1.59 bits per heavy atom. The van der Waals surface area contributed by atoms with Crippen LogP contribution < -0.4 is 0 Å². The maximum absolute atomic E-state index is 4.56. The second kappa shape index (κ2) is 4.52. The van der Waals surface area contributed by atoms with Gasteiger partial charge < -0.3 is 0 Å². The van der Waals surface area contributed by atoms with E-state index >= 15 is 0 Å². The zero-order valence-electron chi connectivity index (χ0n) is 9.21. The molecule has 2 aromatic carbocycles. The standard InChI is InChI=1S/C15H11NS/c1-2-6-12(7-3-1)10-11-15-16-13-8-4-5-9-14(13)17-15/h1-11H. The zero-order chi connectivity index (χ0) is 11.5. The number of benzene rings is 2. The highest BCUT2D eigenvalue weighted by Gasteiger charge is 1.98. The summed E-state index contributed by atoms with van der Waals surface area (Å²) in [4.78, 5) is 4.56. The van der Waals surface area contributed by atoms with Gasteiger partial charge in [-0.25, -0.2) is 4.98 Å². The zero-order valence-corrected chi connectivity index (χ0v) is 10.0. The topological polar surface area (TPSA) is 12.9 Å². The van der Waals surface area contributed by atoms with Gasteiger partial charge in [-0.3, -0.25) is 0 Å². The highest BCUT2D eigenvalue weighted by molar-refractivity contribution is 7.19. The summed E-state index contributed by atoms with van der Waals surface area (Å²) in [6, 6.07) is 18.5. The van der Waals surface area contributed by atoms with Gasteiger partial charge in [0.1, 0.15) is 5.01 Å². The summed E-state index contributed by atoms with van der Waals surface area (Å²) in [5.74, 6) is 0. The molecule has 0 N–H and O–H groups in total. The monoisotopic (exact) mass is 237 g/mol. The van der Waals surface area contributed by atoms with E-state index in [0.29, 0.717) is 0 Å². The van der Waals surface area contributed by atoms with Crippen molar-refractivity contribution < 1.29 is 0 Å². The fourth-order valence-electron chi connectivity index (χ4n) is 1.69. The molecule has 0 bridgehead atoms. The average molecular weight is 237 g/mol. The quantitative estimate of drug-likeness (QED) is 0.641. The summed E-state index contributed by atoms with van der Waals surface area (Å²) >= 11 is 1.72. The van der Waals surface area contributed by atoms with E-state index in [0.717, 1.165) is 10.5 Å². The number of rotatable bonds is 2. The van der Waals surface area contributed by atoms with Crippen LogP contribution in [0, 0.1) is 0 Å². The Labute approximate surface area is 104 Å². The van der Waals surface area contributed by atoms with Crippen LogP contribution in [0.15, 0.2) is 54.6 Å². The van der Waals surface area contributed by atoms with Gasteiger partial charge in [0, 0.05) is 0 Å². The van der Waals surface area contributed by atoms with Crippen LogP contribution >= 0.6 is 11.3 Å². The maximum atomic E-state index is 4.56. The number of aromatic nitrogens is 1. The molecule has 0 aliphatic rings. The van der Waals surface area contributed by atoms with E-state index in [1.807, 2.05) is 36.4 Å². The summed E-state index contributed by atoms with van der Waals surface area (Å²) in [7, 11) is 0. The molecule has 3 rings (SSSR count). The molecule has 1 heterocycles. The molecular formula is C15H11NS. The molecule has 2 heteroatoms. The highest BCUT2D eigenvalue weighted by atomic mass is 32.1. The first-order chi connectivity index (χ1) is 8.42. The predicted molar refractivity (Wildman–Crippen MR) is 75.0 cm³/mol. The highest BCUT2D eigenvalue weighted by Crippen LogP contribution is 2.22. The second-order valence-corrected chi connectivity index (χ2v) is 4.83. The predicted octanol–water partition coefficient (Wildman–Crippen LogP) is 4.47. The van der Waals surface area contributed by atoms with Crippen molar-refractivity contribution in [3.63, 3.8) is 0 Å². The first-order valence-electron chi connectivity index (χ1n) is 5.50. The third kappa shape index (κ3) is 2.27. The van der Waals surface area contributed by atoms with Crippen LogP contribution in [-0.4, -0.2) is 4.98 Å². The van der Waals surface area contributed by atoms with Crippen molar-refractivity contribution in [3.8, 4) is 0 Å². The van der Waals surface area contributed by atoms with Crippen LogP contribution in [-0.2, 0) is 0 Å². The van der Waals surface area contributed by atoms with Gasteiger partial charge in [0.15, 0.2) is 0 Å². The van der Waals surface area contributed by atoms with Crippen molar-refractivity contribution in [1.29, 1.82) is 0 Å². The second-order valence-electron chi connectivity index (χ2n) is 3.76. The molecule has 0 saturated heterocycles. The lowest BCUT2D eigenvalue weighted by atomic mass is 10.2. The van der Waals surface area contributed by atoms with Crippen LogP contribution in [0.25, 0.3) is 22.4 Å². The van der Waals surface area contributed by atoms with Crippen molar-refractivity contribution in [3.05, 3.63) is 65.2 Å². The van der Waals surface area contributed by atoms with Gasteiger partial charge in [-0.05, 0) is 23.8 Å². The Bertz CT molecular complexity index is 620. The Balaban J connectivity index is 1.92. The number of para-hydroxylation sites is 1. The Hall–Kier alpha value is -1.93. The van der Waals surface area contributed by atoms with E-state index in [-0.39, 0.29) is 0 Å². The minimum atomic E-state index is 1.05. The molecule has 0 spiro atoms. The fourth-order valence-corrected chi connectivity index (χ4v) is 2.56. The molecule has 3 aromatic rings. The lowest BCUT2D eigenvalue weighted by Gasteiger charge is -1.89. The van der Waals surface area contributed by atoms with Crippen molar-refractivity contribution in [1.82, 2.24) is 4.98 Å². The van der Waals surface area contributed by atoms with Gasteiger partial charge in [0.25, 0.3) is 0 Å². The van der Waals surface area contributed by atoms with Crippen molar-refractivity contribution >= 4 is 33.7 Å². The van der Waals surface area contributed by atoms with E-state index in [2.05, 4.69) is 35.3 Å². The first-order valence-corrected chi connectivity index (χ1v) is 6.32. The molecule has 0 fully saturated rings. The molecule has 0 atom stereocenters. The van der Waals surface area contributed by atoms with Crippen LogP contribution in [0.3, 0.4) is 0 Å². The number of thiazole rings is 1. The summed E-state index contributed by atoms with van der Waals surface area (Å²) in [6.45, 7) is 0. The van der Waals surface area contributed by atoms with Gasteiger partial charge in [-0.1, -0.05) is 48.5 Å². The largest absolute Gasteiger partial charge is 0.237 e. The van der Waals surface area contributed by atoms with Gasteiger partial charge in [-0.2, -0.15) is 0 Å². The van der Waals surface area contributed by atoms with Gasteiger partial charge in [-0.15, -0.1) is 11.3 Å². The van der Waals surface area contributed by atoms with Gasteiger partial charge in [0.2, 0.25) is 0 Å². The molecule has 0 saturated carbocycles. The van der Waals surface area contributed by atoms with E-state index in [1.54, 1.807) is 11.3 Å². The summed E-state index contributed by atoms with van der Waals surface area (Å²) < 4.78 is 1.24. The van der Waals surface area contributed by atoms with Crippen molar-refractivity contribution in [2.75, 3.05) is 0 Å². The molecule has 1 nitrogen and oxygen atoms in total. The molecule has 0 amide bonds. The van der Waals surface area contributed by atoms with Crippen LogP contribution in [0.5, 0.6) is 0 Å². The number of hydrogen-bond acceptors (Lipinski definition) is 2. The lowest BCUT2D eigenvalue weighted by Crippen LogP contribution is -1.70. The van der Waals surface area contributed by atoms with E-state index in [9.17, 15) is 0 Å². The van der Waals surface area contributed by atoms with Crippen LogP contribution in [0.4, 0.5) is 0 Å². The average Bonchev–Trinajstić information content (AvgIpc) is 2.80. The molecule has 17 heavy (non-hydrogen) atoms. The number of fused-ring (bicyclic) bond motifs is 1. The van der Waals surface area contributed by atoms with E-state index in [4.69, 9.17) is 0 Å². The molecule has 0 aliphatic heterocycles. The third-order valence-electron chi connectivity index (χ3n) is 2.53. The first kappa shape index (κ1) is 10.2. The number of hydrogen-bond donors (Lipinski definition) is 0. The normalized spacial score (nSPS) is 11.3. The molecular weight excluding hydrogens is 226 g/mol. The van der Waals surface area contributed by atoms with Crippen LogP contribution in [0.1, 0.15) is 10.6 Å². The molecule has 1 aromatic heterocycles. The van der Waals surface area contributed by atoms with Crippen LogP contribution in [0.2, 0.25) is 0 Å². The summed E-state index contributed by atoms with van der Waals surface area (Å²) in [5, 5.41) is 1.05. The summed E-state index contributed by atoms with van der Waals surface area (Å²) in [6.07, 6.45) is 4.16. The third-order valence-corrected chi connectivity index (χ3v) is 3.53. The Kier molecular flexibility index (Phi) is 2.72. The molecule has 0 unspecified atom stereocenters. The Morgan fingerprint density at radius 3 is 2.41 bits per heavy atom. The molecule has 0 radical (unpaired) electrons. The maximum Gasteiger partial charge on any atom is 0.117 e. The van der Waals surface area contributed by atoms with Crippen molar-refractivity contribution in [2.45, 2.75) is 0 Å².